The highest BCUT2D eigenvalue weighted by Gasteiger charge is 2.03. The van der Waals surface area contributed by atoms with Crippen molar-refractivity contribution in [2.24, 2.45) is 0 Å². The molecule has 0 saturated heterocycles. The van der Waals surface area contributed by atoms with Crippen LogP contribution in [0.15, 0.2) is 6.07 Å². The maximum Gasteiger partial charge on any atom is 0.232 e. The molecule has 4 heteroatoms. The number of hydrogen-bond donors (Lipinski definition) is 0. The van der Waals surface area contributed by atoms with E-state index in [1.165, 1.54) is 17.7 Å². The van der Waals surface area contributed by atoms with Crippen LogP contribution >= 0.6 is 0 Å². The van der Waals surface area contributed by atoms with Crippen molar-refractivity contribution in [2.45, 2.75) is 20.4 Å². The molecule has 0 aliphatic carbocycles. The number of ketones is 1. The van der Waals surface area contributed by atoms with Crippen LogP contribution < -0.4 is 0 Å². The largest absolute Gasteiger partial charge is 0.298 e. The van der Waals surface area contributed by atoms with Gasteiger partial charge in [0, 0.05) is 11.8 Å². The predicted molar refractivity (Wildman–Crippen MR) is 37.6 cm³/mol. The lowest BCUT2D eigenvalue weighted by Gasteiger charge is -1.97. The monoisotopic (exact) mass is 156 g/mol. The second-order valence-electron chi connectivity index (χ2n) is 2.47. The molecule has 1 aromatic heterocycles. The fourth-order valence-electron chi connectivity index (χ4n) is 0.841. The third kappa shape index (κ3) is 1.86. The summed E-state index contributed by atoms with van der Waals surface area (Å²) in [5.41, 5.74) is 0.665. The number of aromatic nitrogens is 2. The van der Waals surface area contributed by atoms with Crippen molar-refractivity contribution < 1.29 is 9.18 Å². The number of nitrogens with zero attached hydrogens (tertiary/aromatic N) is 2. The molecule has 11 heavy (non-hydrogen) atoms. The van der Waals surface area contributed by atoms with Crippen LogP contribution in [0, 0.1) is 12.9 Å². The van der Waals surface area contributed by atoms with Gasteiger partial charge in [-0.3, -0.25) is 9.48 Å². The lowest BCUT2D eigenvalue weighted by Crippen LogP contribution is -2.09. The predicted octanol–water partition coefficient (Wildman–Crippen LogP) is 0.920. The third-order valence-corrected chi connectivity index (χ3v) is 1.32. The van der Waals surface area contributed by atoms with E-state index in [-0.39, 0.29) is 12.3 Å². The van der Waals surface area contributed by atoms with E-state index in [9.17, 15) is 9.18 Å². The van der Waals surface area contributed by atoms with Crippen molar-refractivity contribution in [1.29, 1.82) is 0 Å². The number of hydrogen-bond acceptors (Lipinski definition) is 2. The third-order valence-electron chi connectivity index (χ3n) is 1.32. The van der Waals surface area contributed by atoms with Crippen molar-refractivity contribution in [3.05, 3.63) is 17.7 Å². The molecule has 1 aromatic rings. The summed E-state index contributed by atoms with van der Waals surface area (Å²) in [6.45, 7) is 3.30. The Hall–Kier alpha value is -1.19. The molecule has 0 aromatic carbocycles. The van der Waals surface area contributed by atoms with Gasteiger partial charge in [0.1, 0.15) is 0 Å². The quantitative estimate of drug-likeness (QED) is 0.638. The van der Waals surface area contributed by atoms with E-state index >= 15 is 0 Å². The first-order chi connectivity index (χ1) is 5.09. The molecule has 1 rings (SSSR count). The van der Waals surface area contributed by atoms with Gasteiger partial charge in [-0.05, 0) is 13.8 Å². The van der Waals surface area contributed by atoms with Gasteiger partial charge >= 0.3 is 0 Å². The van der Waals surface area contributed by atoms with Gasteiger partial charge < -0.3 is 0 Å². The second kappa shape index (κ2) is 2.82. The molecule has 0 aliphatic rings. The van der Waals surface area contributed by atoms with Crippen LogP contribution in [-0.2, 0) is 11.3 Å². The highest BCUT2D eigenvalue weighted by Crippen LogP contribution is 2.00. The first kappa shape index (κ1) is 7.91. The maximum absolute atomic E-state index is 12.4. The Morgan fingerprint density at radius 2 is 2.45 bits per heavy atom. The lowest BCUT2D eigenvalue weighted by molar-refractivity contribution is -0.117. The number of Topliss-reactive ketones (excluding diaryl/α,β-unsaturated/α-hetero) is 1. The van der Waals surface area contributed by atoms with Crippen LogP contribution in [-0.4, -0.2) is 15.6 Å². The first-order valence-electron chi connectivity index (χ1n) is 3.29. The van der Waals surface area contributed by atoms with Gasteiger partial charge in [-0.2, -0.15) is 4.39 Å². The van der Waals surface area contributed by atoms with Gasteiger partial charge in [0.2, 0.25) is 5.95 Å². The zero-order valence-corrected chi connectivity index (χ0v) is 6.47. The van der Waals surface area contributed by atoms with E-state index in [1.54, 1.807) is 6.92 Å². The molecule has 0 N–H and O–H groups in total. The molecule has 60 valence electrons. The zero-order valence-electron chi connectivity index (χ0n) is 6.47. The highest BCUT2D eigenvalue weighted by atomic mass is 19.1. The van der Waals surface area contributed by atoms with Crippen LogP contribution in [0.2, 0.25) is 0 Å². The SMILES string of the molecule is CC(=O)Cn1nc(F)cc1C. The minimum atomic E-state index is -0.538. The molecule has 0 bridgehead atoms. The molecule has 0 aliphatic heterocycles. The summed E-state index contributed by atoms with van der Waals surface area (Å²) in [6, 6.07) is 1.29. The van der Waals surface area contributed by atoms with E-state index in [0.29, 0.717) is 5.69 Å². The van der Waals surface area contributed by atoms with Crippen molar-refractivity contribution in [3.63, 3.8) is 0 Å². The zero-order chi connectivity index (χ0) is 8.43. The van der Waals surface area contributed by atoms with Crippen molar-refractivity contribution in [3.8, 4) is 0 Å². The summed E-state index contributed by atoms with van der Waals surface area (Å²) < 4.78 is 13.7. The molecule has 0 atom stereocenters. The molecule has 3 nitrogen and oxygen atoms in total. The molecule has 0 spiro atoms. The number of carbonyl (C=O) groups is 1. The minimum Gasteiger partial charge on any atom is -0.298 e. The fraction of sp³-hybridized carbons (Fsp3) is 0.429. The molecule has 0 fully saturated rings. The maximum atomic E-state index is 12.4. The Kier molecular flexibility index (Phi) is 2.03. The average molecular weight is 156 g/mol. The van der Waals surface area contributed by atoms with Crippen molar-refractivity contribution >= 4 is 5.78 Å². The van der Waals surface area contributed by atoms with Gasteiger partial charge in [0.25, 0.3) is 0 Å². The average Bonchev–Trinajstić information content (AvgIpc) is 2.09. The standard InChI is InChI=1S/C7H9FN2O/c1-5-3-7(8)9-10(5)4-6(2)11/h3H,4H2,1-2H3. The summed E-state index contributed by atoms with van der Waals surface area (Å²) in [5, 5.41) is 3.48. The molecular formula is C7H9FN2O. The summed E-state index contributed by atoms with van der Waals surface area (Å²) in [4.78, 5) is 10.6. The van der Waals surface area contributed by atoms with E-state index in [1.807, 2.05) is 0 Å². The molecule has 0 unspecified atom stereocenters. The van der Waals surface area contributed by atoms with Gasteiger partial charge in [0.05, 0.1) is 6.54 Å². The first-order valence-corrected chi connectivity index (χ1v) is 3.29. The Morgan fingerprint density at radius 1 is 1.82 bits per heavy atom. The van der Waals surface area contributed by atoms with Crippen LogP contribution in [0.3, 0.4) is 0 Å². The van der Waals surface area contributed by atoms with Gasteiger partial charge in [0.15, 0.2) is 5.78 Å². The molecule has 0 amide bonds. The second-order valence-corrected chi connectivity index (χ2v) is 2.47. The van der Waals surface area contributed by atoms with Crippen LogP contribution in [0.25, 0.3) is 0 Å². The van der Waals surface area contributed by atoms with Gasteiger partial charge in [-0.25, -0.2) is 0 Å². The minimum absolute atomic E-state index is 0.0313. The van der Waals surface area contributed by atoms with Crippen molar-refractivity contribution in [2.75, 3.05) is 0 Å². The number of halogens is 1. The number of aryl methyl sites for hydroxylation is 1. The highest BCUT2D eigenvalue weighted by molar-refractivity contribution is 5.75. The van der Waals surface area contributed by atoms with Gasteiger partial charge in [-0.1, -0.05) is 0 Å². The van der Waals surface area contributed by atoms with Crippen LogP contribution in [0.1, 0.15) is 12.6 Å². The van der Waals surface area contributed by atoms with Gasteiger partial charge in [-0.15, -0.1) is 5.10 Å². The molecule has 0 saturated carbocycles. The fourth-order valence-corrected chi connectivity index (χ4v) is 0.841. The van der Waals surface area contributed by atoms with Crippen molar-refractivity contribution in [1.82, 2.24) is 9.78 Å². The van der Waals surface area contributed by atoms with Crippen LogP contribution in [0.5, 0.6) is 0 Å². The molecular weight excluding hydrogens is 147 g/mol. The summed E-state index contributed by atoms with van der Waals surface area (Å²) in [6.07, 6.45) is 0. The number of carbonyl (C=O) groups excluding carboxylic acids is 1. The Balaban J connectivity index is 2.85. The van der Waals surface area contributed by atoms with Crippen LogP contribution in [0.4, 0.5) is 4.39 Å². The Labute approximate surface area is 63.8 Å². The summed E-state index contributed by atoms with van der Waals surface area (Å²) in [7, 11) is 0. The number of rotatable bonds is 2. The summed E-state index contributed by atoms with van der Waals surface area (Å²) >= 11 is 0. The summed E-state index contributed by atoms with van der Waals surface area (Å²) in [5.74, 6) is -0.569. The van der Waals surface area contributed by atoms with E-state index in [0.717, 1.165) is 0 Å². The smallest absolute Gasteiger partial charge is 0.232 e. The molecule has 0 radical (unpaired) electrons. The van der Waals surface area contributed by atoms with E-state index < -0.39 is 5.95 Å². The Morgan fingerprint density at radius 3 is 2.82 bits per heavy atom. The normalized spacial score (nSPS) is 10.1. The topological polar surface area (TPSA) is 34.9 Å². The van der Waals surface area contributed by atoms with E-state index in [2.05, 4.69) is 5.10 Å². The lowest BCUT2D eigenvalue weighted by atomic mass is 10.4. The molecule has 1 heterocycles. The Bertz CT molecular complexity index is 280. The van der Waals surface area contributed by atoms with E-state index in [4.69, 9.17) is 0 Å².